The second-order valence-corrected chi connectivity index (χ2v) is 8.95. The van der Waals surface area contributed by atoms with E-state index in [1.807, 2.05) is 32.9 Å². The predicted molar refractivity (Wildman–Crippen MR) is 119 cm³/mol. The highest BCUT2D eigenvalue weighted by Crippen LogP contribution is 2.34. The smallest absolute Gasteiger partial charge is 0.317 e. The fourth-order valence-electron chi connectivity index (χ4n) is 4.85. The fourth-order valence-corrected chi connectivity index (χ4v) is 4.85. The highest BCUT2D eigenvalue weighted by Gasteiger charge is 2.38. The lowest BCUT2D eigenvalue weighted by atomic mass is 9.75. The molecule has 0 bridgehead atoms. The zero-order valence-electron chi connectivity index (χ0n) is 19.0. The van der Waals surface area contributed by atoms with Crippen molar-refractivity contribution in [3.63, 3.8) is 0 Å². The van der Waals surface area contributed by atoms with Crippen molar-refractivity contribution >= 4 is 11.8 Å². The topological polar surface area (TPSA) is 43.4 Å². The van der Waals surface area contributed by atoms with E-state index in [4.69, 9.17) is 4.74 Å². The standard InChI is InChI=1S/C26H40O3/c1-5-6-7-8-9-13-16-29-26(28)24(22-14-11-10-12-15-22)25(27)23-20(3)17-19(2)18-21(23)4/h17-18,22,24H,5-16H2,1-4H3. The second-order valence-electron chi connectivity index (χ2n) is 8.95. The summed E-state index contributed by atoms with van der Waals surface area (Å²) in [5.74, 6) is -0.849. The average Bonchev–Trinajstić information content (AvgIpc) is 2.67. The first-order valence-electron chi connectivity index (χ1n) is 11.7. The van der Waals surface area contributed by atoms with Gasteiger partial charge in [-0.15, -0.1) is 0 Å². The molecule has 1 unspecified atom stereocenters. The maximum Gasteiger partial charge on any atom is 0.317 e. The SMILES string of the molecule is CCCCCCCCOC(=O)C(C(=O)c1c(C)cc(C)cc1C)C1CCCCC1. The van der Waals surface area contributed by atoms with Gasteiger partial charge in [-0.2, -0.15) is 0 Å². The molecule has 162 valence electrons. The number of esters is 1. The van der Waals surface area contributed by atoms with E-state index in [0.717, 1.165) is 60.8 Å². The Labute approximate surface area is 177 Å². The van der Waals surface area contributed by atoms with Crippen molar-refractivity contribution < 1.29 is 14.3 Å². The molecule has 3 heteroatoms. The summed E-state index contributed by atoms with van der Waals surface area (Å²) in [7, 11) is 0. The first kappa shape index (κ1) is 23.6. The summed E-state index contributed by atoms with van der Waals surface area (Å²) in [4.78, 5) is 26.6. The quantitative estimate of drug-likeness (QED) is 0.176. The third kappa shape index (κ3) is 6.97. The number of ether oxygens (including phenoxy) is 1. The van der Waals surface area contributed by atoms with E-state index in [1.165, 1.54) is 32.1 Å². The van der Waals surface area contributed by atoms with E-state index >= 15 is 0 Å². The van der Waals surface area contributed by atoms with E-state index in [0.29, 0.717) is 6.61 Å². The first-order chi connectivity index (χ1) is 14.0. The number of rotatable bonds is 11. The molecule has 0 saturated heterocycles. The molecule has 3 nitrogen and oxygen atoms in total. The van der Waals surface area contributed by atoms with E-state index in [2.05, 4.69) is 6.92 Å². The monoisotopic (exact) mass is 400 g/mol. The number of carbonyl (C=O) groups excluding carboxylic acids is 2. The van der Waals surface area contributed by atoms with Crippen LogP contribution in [0.25, 0.3) is 0 Å². The molecule has 0 N–H and O–H groups in total. The summed E-state index contributed by atoms with van der Waals surface area (Å²) in [5.41, 5.74) is 3.81. The van der Waals surface area contributed by atoms with Gasteiger partial charge in [-0.05, 0) is 57.1 Å². The molecule has 0 heterocycles. The maximum absolute atomic E-state index is 13.5. The Kier molecular flexibility index (Phi) is 9.90. The summed E-state index contributed by atoms with van der Waals surface area (Å²) >= 11 is 0. The van der Waals surface area contributed by atoms with Gasteiger partial charge in [0.2, 0.25) is 0 Å². The average molecular weight is 401 g/mol. The van der Waals surface area contributed by atoms with Crippen molar-refractivity contribution in [1.82, 2.24) is 0 Å². The van der Waals surface area contributed by atoms with Gasteiger partial charge in [-0.1, -0.05) is 76.0 Å². The molecule has 1 aliphatic rings. The lowest BCUT2D eigenvalue weighted by Crippen LogP contribution is -2.35. The molecule has 0 spiro atoms. The van der Waals surface area contributed by atoms with E-state index < -0.39 is 5.92 Å². The largest absolute Gasteiger partial charge is 0.465 e. The highest BCUT2D eigenvalue weighted by atomic mass is 16.5. The predicted octanol–water partition coefficient (Wildman–Crippen LogP) is 6.89. The number of ketones is 1. The van der Waals surface area contributed by atoms with Crippen LogP contribution in [0.2, 0.25) is 0 Å². The van der Waals surface area contributed by atoms with Crippen LogP contribution < -0.4 is 0 Å². The molecular weight excluding hydrogens is 360 g/mol. The number of hydrogen-bond acceptors (Lipinski definition) is 3. The van der Waals surface area contributed by atoms with Crippen LogP contribution in [0.3, 0.4) is 0 Å². The molecule has 2 rings (SSSR count). The first-order valence-corrected chi connectivity index (χ1v) is 11.7. The highest BCUT2D eigenvalue weighted by molar-refractivity contribution is 6.10. The summed E-state index contributed by atoms with van der Waals surface area (Å²) in [6, 6.07) is 4.08. The van der Waals surface area contributed by atoms with Crippen LogP contribution in [0.5, 0.6) is 0 Å². The zero-order chi connectivity index (χ0) is 21.2. The van der Waals surface area contributed by atoms with Gasteiger partial charge in [0.05, 0.1) is 6.61 Å². The minimum absolute atomic E-state index is 0.0279. The van der Waals surface area contributed by atoms with Crippen LogP contribution in [0, 0.1) is 32.6 Å². The maximum atomic E-state index is 13.5. The Hall–Kier alpha value is -1.64. The van der Waals surface area contributed by atoms with Gasteiger partial charge >= 0.3 is 5.97 Å². The van der Waals surface area contributed by atoms with E-state index in [-0.39, 0.29) is 17.7 Å². The van der Waals surface area contributed by atoms with Gasteiger partial charge in [0.15, 0.2) is 5.78 Å². The lowest BCUT2D eigenvalue weighted by molar-refractivity contribution is -0.149. The van der Waals surface area contributed by atoms with Gasteiger partial charge < -0.3 is 4.74 Å². The normalized spacial score (nSPS) is 15.9. The van der Waals surface area contributed by atoms with Crippen molar-refractivity contribution in [2.24, 2.45) is 11.8 Å². The molecule has 0 radical (unpaired) electrons. The van der Waals surface area contributed by atoms with Gasteiger partial charge in [-0.25, -0.2) is 0 Å². The number of aryl methyl sites for hydroxylation is 3. The van der Waals surface area contributed by atoms with Gasteiger partial charge in [-0.3, -0.25) is 9.59 Å². The molecule has 1 atom stereocenters. The third-order valence-corrected chi connectivity index (χ3v) is 6.32. The van der Waals surface area contributed by atoms with Crippen LogP contribution in [0.4, 0.5) is 0 Å². The Morgan fingerprint density at radius 2 is 1.52 bits per heavy atom. The Morgan fingerprint density at radius 3 is 2.14 bits per heavy atom. The van der Waals surface area contributed by atoms with E-state index in [1.54, 1.807) is 0 Å². The number of carbonyl (C=O) groups is 2. The van der Waals surface area contributed by atoms with Crippen molar-refractivity contribution in [2.45, 2.75) is 98.3 Å². The Morgan fingerprint density at radius 1 is 0.931 bits per heavy atom. The molecule has 0 aromatic heterocycles. The molecular formula is C26H40O3. The number of benzene rings is 1. The summed E-state index contributed by atoms with van der Waals surface area (Å²) in [6.07, 6.45) is 12.2. The fraction of sp³-hybridized carbons (Fsp3) is 0.692. The van der Waals surface area contributed by atoms with Gasteiger partial charge in [0, 0.05) is 5.56 Å². The molecule has 1 aromatic rings. The molecule has 1 aliphatic carbocycles. The van der Waals surface area contributed by atoms with Crippen LogP contribution in [0.15, 0.2) is 12.1 Å². The van der Waals surface area contributed by atoms with Crippen LogP contribution in [-0.2, 0) is 9.53 Å². The van der Waals surface area contributed by atoms with Crippen molar-refractivity contribution in [3.8, 4) is 0 Å². The number of Topliss-reactive ketones (excluding diaryl/α,β-unsaturated/α-hetero) is 1. The minimum Gasteiger partial charge on any atom is -0.465 e. The van der Waals surface area contributed by atoms with Crippen LogP contribution in [-0.4, -0.2) is 18.4 Å². The summed E-state index contributed by atoms with van der Waals surface area (Å²) in [6.45, 7) is 8.65. The Bertz CT molecular complexity index is 648. The third-order valence-electron chi connectivity index (χ3n) is 6.32. The molecule has 0 amide bonds. The molecule has 29 heavy (non-hydrogen) atoms. The second kappa shape index (κ2) is 12.1. The minimum atomic E-state index is -0.643. The van der Waals surface area contributed by atoms with Gasteiger partial charge in [0.1, 0.15) is 5.92 Å². The molecule has 0 aliphatic heterocycles. The lowest BCUT2D eigenvalue weighted by Gasteiger charge is -2.28. The van der Waals surface area contributed by atoms with E-state index in [9.17, 15) is 9.59 Å². The molecule has 1 aromatic carbocycles. The van der Waals surface area contributed by atoms with Gasteiger partial charge in [0.25, 0.3) is 0 Å². The Balaban J connectivity index is 2.07. The van der Waals surface area contributed by atoms with Crippen molar-refractivity contribution in [1.29, 1.82) is 0 Å². The zero-order valence-corrected chi connectivity index (χ0v) is 19.0. The summed E-state index contributed by atoms with van der Waals surface area (Å²) < 4.78 is 5.65. The van der Waals surface area contributed by atoms with Crippen LogP contribution >= 0.6 is 0 Å². The van der Waals surface area contributed by atoms with Crippen molar-refractivity contribution in [3.05, 3.63) is 34.4 Å². The van der Waals surface area contributed by atoms with Crippen LogP contribution in [0.1, 0.15) is 105 Å². The number of unbranched alkanes of at least 4 members (excludes halogenated alkanes) is 5. The van der Waals surface area contributed by atoms with Crippen molar-refractivity contribution in [2.75, 3.05) is 6.61 Å². The number of hydrogen-bond donors (Lipinski definition) is 0. The molecule has 1 fully saturated rings. The summed E-state index contributed by atoms with van der Waals surface area (Å²) in [5, 5.41) is 0. The molecule has 1 saturated carbocycles.